The first kappa shape index (κ1) is 15.9. The molecule has 0 saturated carbocycles. The molecule has 0 atom stereocenters. The van der Waals surface area contributed by atoms with Crippen LogP contribution in [0.25, 0.3) is 0 Å². The molecule has 1 saturated heterocycles. The molecular formula is C15H27N5O. The Morgan fingerprint density at radius 1 is 1.33 bits per heavy atom. The molecule has 1 fully saturated rings. The number of amides is 1. The lowest BCUT2D eigenvalue weighted by molar-refractivity contribution is -0.122. The maximum Gasteiger partial charge on any atom is 0.220 e. The largest absolute Gasteiger partial charge is 0.354 e. The summed E-state index contributed by atoms with van der Waals surface area (Å²) in [4.78, 5) is 16.0. The Hall–Kier alpha value is -1.43. The second-order valence-corrected chi connectivity index (χ2v) is 7.38. The molecule has 1 aliphatic rings. The fraction of sp³-hybridized carbons (Fsp3) is 0.800. The number of carbonyl (C=O) groups excluding carboxylic acids is 1. The fourth-order valence-corrected chi connectivity index (χ4v) is 3.67. The van der Waals surface area contributed by atoms with Crippen LogP contribution in [0.1, 0.15) is 47.0 Å². The van der Waals surface area contributed by atoms with Gasteiger partial charge in [0, 0.05) is 24.0 Å². The summed E-state index contributed by atoms with van der Waals surface area (Å²) < 4.78 is 1.72. The van der Waals surface area contributed by atoms with Crippen LogP contribution in [0.2, 0.25) is 0 Å². The van der Waals surface area contributed by atoms with Gasteiger partial charge >= 0.3 is 0 Å². The van der Waals surface area contributed by atoms with Crippen molar-refractivity contribution in [2.24, 2.45) is 5.92 Å². The first-order valence-electron chi connectivity index (χ1n) is 7.64. The van der Waals surface area contributed by atoms with Crippen molar-refractivity contribution in [3.8, 4) is 0 Å². The molecule has 6 nitrogen and oxygen atoms in total. The topological polar surface area (TPSA) is 71.8 Å². The molecule has 6 heteroatoms. The third-order valence-corrected chi connectivity index (χ3v) is 3.88. The van der Waals surface area contributed by atoms with Gasteiger partial charge < -0.3 is 10.6 Å². The molecule has 0 bridgehead atoms. The summed E-state index contributed by atoms with van der Waals surface area (Å²) in [5.74, 6) is 0.566. The Morgan fingerprint density at radius 2 is 2.00 bits per heavy atom. The average molecular weight is 293 g/mol. The third-order valence-electron chi connectivity index (χ3n) is 3.88. The average Bonchev–Trinajstić information content (AvgIpc) is 2.77. The minimum absolute atomic E-state index is 0.0907. The smallest absolute Gasteiger partial charge is 0.220 e. The molecule has 0 spiro atoms. The van der Waals surface area contributed by atoms with Crippen LogP contribution < -0.4 is 10.6 Å². The highest BCUT2D eigenvalue weighted by molar-refractivity contribution is 5.76. The van der Waals surface area contributed by atoms with Crippen molar-refractivity contribution >= 4 is 5.91 Å². The van der Waals surface area contributed by atoms with E-state index in [-0.39, 0.29) is 17.0 Å². The maximum atomic E-state index is 12.1. The van der Waals surface area contributed by atoms with Gasteiger partial charge in [0.2, 0.25) is 5.91 Å². The van der Waals surface area contributed by atoms with Crippen LogP contribution >= 0.6 is 0 Å². The lowest BCUT2D eigenvalue weighted by Gasteiger charge is -2.46. The minimum atomic E-state index is 0.0907. The number of nitrogens with one attached hydrogen (secondary N) is 2. The van der Waals surface area contributed by atoms with Gasteiger partial charge in [-0.25, -0.2) is 4.98 Å². The zero-order valence-corrected chi connectivity index (χ0v) is 13.5. The summed E-state index contributed by atoms with van der Waals surface area (Å²) in [7, 11) is 0. The van der Waals surface area contributed by atoms with E-state index in [9.17, 15) is 4.79 Å². The van der Waals surface area contributed by atoms with Gasteiger partial charge in [0.15, 0.2) is 0 Å². The van der Waals surface area contributed by atoms with Crippen molar-refractivity contribution in [3.05, 3.63) is 12.7 Å². The lowest BCUT2D eigenvalue weighted by Crippen LogP contribution is -2.58. The number of nitrogens with zero attached hydrogens (tertiary/aromatic N) is 3. The van der Waals surface area contributed by atoms with Gasteiger partial charge in [-0.05, 0) is 46.5 Å². The van der Waals surface area contributed by atoms with Gasteiger partial charge in [-0.15, -0.1) is 0 Å². The summed E-state index contributed by atoms with van der Waals surface area (Å²) in [5.41, 5.74) is 0.181. The molecule has 0 radical (unpaired) electrons. The van der Waals surface area contributed by atoms with E-state index in [0.717, 1.165) is 12.8 Å². The van der Waals surface area contributed by atoms with E-state index in [4.69, 9.17) is 0 Å². The summed E-state index contributed by atoms with van der Waals surface area (Å²) >= 11 is 0. The van der Waals surface area contributed by atoms with E-state index in [1.165, 1.54) is 6.33 Å². The van der Waals surface area contributed by atoms with E-state index in [0.29, 0.717) is 25.4 Å². The minimum Gasteiger partial charge on any atom is -0.354 e. The Bertz CT molecular complexity index is 450. The van der Waals surface area contributed by atoms with Gasteiger partial charge in [-0.2, -0.15) is 5.10 Å². The summed E-state index contributed by atoms with van der Waals surface area (Å²) in [6, 6.07) is 0. The molecule has 1 amide bonds. The van der Waals surface area contributed by atoms with Crippen LogP contribution in [-0.4, -0.2) is 38.3 Å². The lowest BCUT2D eigenvalue weighted by atomic mass is 9.74. The van der Waals surface area contributed by atoms with E-state index < -0.39 is 0 Å². The van der Waals surface area contributed by atoms with Crippen molar-refractivity contribution in [1.82, 2.24) is 25.4 Å². The highest BCUT2D eigenvalue weighted by Gasteiger charge is 2.38. The Labute approximate surface area is 126 Å². The second-order valence-electron chi connectivity index (χ2n) is 7.38. The SMILES string of the molecule is CC1(C)CC(CC(=O)NCCn2cncn2)CC(C)(C)N1. The van der Waals surface area contributed by atoms with Crippen LogP contribution in [0.3, 0.4) is 0 Å². The number of hydrogen-bond donors (Lipinski definition) is 2. The molecule has 1 aromatic heterocycles. The number of carbonyl (C=O) groups is 1. The molecule has 2 rings (SSSR count). The predicted octanol–water partition coefficient (Wildman–Crippen LogP) is 1.34. The molecule has 0 aliphatic carbocycles. The predicted molar refractivity (Wildman–Crippen MR) is 81.7 cm³/mol. The molecule has 0 aromatic carbocycles. The van der Waals surface area contributed by atoms with Crippen LogP contribution in [0.5, 0.6) is 0 Å². The zero-order chi connectivity index (χ0) is 15.5. The van der Waals surface area contributed by atoms with E-state index in [1.807, 2.05) is 0 Å². The van der Waals surface area contributed by atoms with Gasteiger partial charge in [0.1, 0.15) is 12.7 Å². The number of rotatable bonds is 5. The van der Waals surface area contributed by atoms with Crippen molar-refractivity contribution in [2.45, 2.75) is 64.6 Å². The van der Waals surface area contributed by atoms with Gasteiger partial charge in [-0.1, -0.05) is 0 Å². The van der Waals surface area contributed by atoms with Crippen molar-refractivity contribution in [3.63, 3.8) is 0 Å². The fourth-order valence-electron chi connectivity index (χ4n) is 3.67. The Morgan fingerprint density at radius 3 is 2.57 bits per heavy atom. The van der Waals surface area contributed by atoms with Gasteiger partial charge in [0.05, 0.1) is 6.54 Å². The van der Waals surface area contributed by atoms with Gasteiger partial charge in [0.25, 0.3) is 0 Å². The third kappa shape index (κ3) is 5.12. The number of aromatic nitrogens is 3. The van der Waals surface area contributed by atoms with E-state index >= 15 is 0 Å². The van der Waals surface area contributed by atoms with E-state index in [2.05, 4.69) is 48.4 Å². The van der Waals surface area contributed by atoms with Crippen LogP contribution in [0, 0.1) is 5.92 Å². The highest BCUT2D eigenvalue weighted by atomic mass is 16.1. The molecule has 1 aromatic rings. The van der Waals surface area contributed by atoms with Crippen molar-refractivity contribution < 1.29 is 4.79 Å². The van der Waals surface area contributed by atoms with Crippen LogP contribution in [0.4, 0.5) is 0 Å². The van der Waals surface area contributed by atoms with Crippen molar-refractivity contribution in [1.29, 1.82) is 0 Å². The summed E-state index contributed by atoms with van der Waals surface area (Å²) in [6.45, 7) is 10.1. The Balaban J connectivity index is 1.76. The first-order valence-corrected chi connectivity index (χ1v) is 7.64. The van der Waals surface area contributed by atoms with Crippen molar-refractivity contribution in [2.75, 3.05) is 6.54 Å². The molecule has 0 unspecified atom stereocenters. The highest BCUT2D eigenvalue weighted by Crippen LogP contribution is 2.34. The maximum absolute atomic E-state index is 12.1. The van der Waals surface area contributed by atoms with Crippen LogP contribution in [0.15, 0.2) is 12.7 Å². The first-order chi connectivity index (χ1) is 9.76. The second kappa shape index (κ2) is 6.13. The van der Waals surface area contributed by atoms with Crippen LogP contribution in [-0.2, 0) is 11.3 Å². The van der Waals surface area contributed by atoms with E-state index in [1.54, 1.807) is 11.0 Å². The van der Waals surface area contributed by atoms with Gasteiger partial charge in [-0.3, -0.25) is 9.48 Å². The number of piperidine rings is 1. The molecule has 2 heterocycles. The molecule has 21 heavy (non-hydrogen) atoms. The monoisotopic (exact) mass is 293 g/mol. The summed E-state index contributed by atoms with van der Waals surface area (Å²) in [6.07, 6.45) is 5.83. The quantitative estimate of drug-likeness (QED) is 0.859. The number of hydrogen-bond acceptors (Lipinski definition) is 4. The normalized spacial score (nSPS) is 21.1. The molecule has 1 aliphatic heterocycles. The molecular weight excluding hydrogens is 266 g/mol. The Kier molecular flexibility index (Phi) is 4.66. The molecule has 2 N–H and O–H groups in total. The molecule has 118 valence electrons. The zero-order valence-electron chi connectivity index (χ0n) is 13.5. The summed E-state index contributed by atoms with van der Waals surface area (Å²) in [5, 5.41) is 10.6. The standard InChI is InChI=1S/C15H27N5O/c1-14(2)8-12(9-15(3,4)19-14)7-13(21)17-5-6-20-11-16-10-18-20/h10-12,19H,5-9H2,1-4H3,(H,17,21).